The van der Waals surface area contributed by atoms with E-state index in [1.165, 1.54) is 33.4 Å². The maximum atomic E-state index is 6.24. The highest BCUT2D eigenvalue weighted by Crippen LogP contribution is 2.30. The molecule has 2 aromatic rings. The largest absolute Gasteiger partial charge is 0.398 e. The molecule has 0 saturated heterocycles. The van der Waals surface area contributed by atoms with Crippen LogP contribution < -0.4 is 11.5 Å². The molecule has 0 saturated carbocycles. The standard InChI is InChI=1S/C21H30N2/c1-12(2)18-10-16(7-14(5)20(18)22)9-17-8-15(6)21(23)19(11-17)13(3)4/h7-8,10-13H,9,22-23H2,1-6H3. The Bertz CT molecular complexity index is 651. The highest BCUT2D eigenvalue weighted by atomic mass is 14.6. The Balaban J connectivity index is 2.44. The fourth-order valence-electron chi connectivity index (χ4n) is 3.20. The molecule has 0 radical (unpaired) electrons. The fraction of sp³-hybridized carbons (Fsp3) is 0.429. The number of nitrogens with two attached hydrogens (primary N) is 2. The summed E-state index contributed by atoms with van der Waals surface area (Å²) < 4.78 is 0. The van der Waals surface area contributed by atoms with E-state index >= 15 is 0 Å². The maximum Gasteiger partial charge on any atom is 0.0379 e. The van der Waals surface area contributed by atoms with Gasteiger partial charge in [-0.05, 0) is 65.5 Å². The zero-order chi connectivity index (χ0) is 17.3. The zero-order valence-electron chi connectivity index (χ0n) is 15.3. The number of rotatable bonds is 4. The SMILES string of the molecule is Cc1cc(Cc2cc(C)c(N)c(C(C)C)c2)cc(C(C)C)c1N. The highest BCUT2D eigenvalue weighted by molar-refractivity contribution is 5.59. The van der Waals surface area contributed by atoms with E-state index in [9.17, 15) is 0 Å². The predicted molar refractivity (Wildman–Crippen MR) is 102 cm³/mol. The van der Waals surface area contributed by atoms with E-state index in [2.05, 4.69) is 65.8 Å². The topological polar surface area (TPSA) is 52.0 Å². The van der Waals surface area contributed by atoms with E-state index in [0.717, 1.165) is 17.8 Å². The number of aryl methyl sites for hydroxylation is 2. The molecule has 0 aliphatic carbocycles. The van der Waals surface area contributed by atoms with Crippen LogP contribution in [0.3, 0.4) is 0 Å². The van der Waals surface area contributed by atoms with Crippen molar-refractivity contribution in [1.29, 1.82) is 0 Å². The van der Waals surface area contributed by atoms with Crippen molar-refractivity contribution in [2.75, 3.05) is 11.5 Å². The summed E-state index contributed by atoms with van der Waals surface area (Å²) in [5, 5.41) is 0. The van der Waals surface area contributed by atoms with Crippen molar-refractivity contribution in [2.24, 2.45) is 0 Å². The summed E-state index contributed by atoms with van der Waals surface area (Å²) in [6, 6.07) is 8.94. The summed E-state index contributed by atoms with van der Waals surface area (Å²) in [5.74, 6) is 0.876. The van der Waals surface area contributed by atoms with Gasteiger partial charge in [0.2, 0.25) is 0 Å². The van der Waals surface area contributed by atoms with Crippen LogP contribution in [0.1, 0.15) is 72.9 Å². The lowest BCUT2D eigenvalue weighted by Crippen LogP contribution is -2.04. The Labute approximate surface area is 140 Å². The molecule has 0 spiro atoms. The van der Waals surface area contributed by atoms with Crippen LogP contribution in [0, 0.1) is 13.8 Å². The first-order chi connectivity index (χ1) is 10.7. The lowest BCUT2D eigenvalue weighted by Gasteiger charge is -2.17. The van der Waals surface area contributed by atoms with Crippen molar-refractivity contribution < 1.29 is 0 Å². The third kappa shape index (κ3) is 3.69. The molecule has 0 atom stereocenters. The average molecular weight is 310 g/mol. The van der Waals surface area contributed by atoms with Crippen molar-refractivity contribution in [1.82, 2.24) is 0 Å². The number of nitrogen functional groups attached to an aromatic ring is 2. The van der Waals surface area contributed by atoms with Crippen molar-refractivity contribution in [3.8, 4) is 0 Å². The Hall–Kier alpha value is -1.96. The molecule has 0 bridgehead atoms. The molecular weight excluding hydrogens is 280 g/mol. The molecule has 0 aromatic heterocycles. The Morgan fingerprint density at radius 3 is 1.35 bits per heavy atom. The zero-order valence-corrected chi connectivity index (χ0v) is 15.3. The van der Waals surface area contributed by atoms with Gasteiger partial charge >= 0.3 is 0 Å². The highest BCUT2D eigenvalue weighted by Gasteiger charge is 2.12. The molecule has 2 rings (SSSR count). The van der Waals surface area contributed by atoms with Crippen LogP contribution in [-0.2, 0) is 6.42 Å². The fourth-order valence-corrected chi connectivity index (χ4v) is 3.20. The van der Waals surface area contributed by atoms with Gasteiger partial charge in [-0.3, -0.25) is 0 Å². The number of hydrogen-bond acceptors (Lipinski definition) is 2. The van der Waals surface area contributed by atoms with Gasteiger partial charge in [-0.25, -0.2) is 0 Å². The second kappa shape index (κ2) is 6.66. The third-order valence-electron chi connectivity index (χ3n) is 4.61. The van der Waals surface area contributed by atoms with E-state index in [-0.39, 0.29) is 0 Å². The van der Waals surface area contributed by atoms with Crippen LogP contribution in [-0.4, -0.2) is 0 Å². The van der Waals surface area contributed by atoms with E-state index < -0.39 is 0 Å². The molecule has 0 aliphatic rings. The van der Waals surface area contributed by atoms with Gasteiger partial charge in [-0.1, -0.05) is 52.0 Å². The van der Waals surface area contributed by atoms with Crippen molar-refractivity contribution in [3.63, 3.8) is 0 Å². The Morgan fingerprint density at radius 1 is 0.696 bits per heavy atom. The Morgan fingerprint density at radius 2 is 1.04 bits per heavy atom. The minimum atomic E-state index is 0.438. The molecular formula is C21H30N2. The normalized spacial score (nSPS) is 11.5. The first-order valence-corrected chi connectivity index (χ1v) is 8.48. The van der Waals surface area contributed by atoms with Crippen LogP contribution in [0.4, 0.5) is 11.4 Å². The van der Waals surface area contributed by atoms with Gasteiger partial charge in [-0.15, -0.1) is 0 Å². The molecule has 2 nitrogen and oxygen atoms in total. The summed E-state index contributed by atoms with van der Waals surface area (Å²) in [4.78, 5) is 0. The monoisotopic (exact) mass is 310 g/mol. The first-order valence-electron chi connectivity index (χ1n) is 8.48. The smallest absolute Gasteiger partial charge is 0.0379 e. The second-order valence-corrected chi connectivity index (χ2v) is 7.32. The van der Waals surface area contributed by atoms with E-state index in [0.29, 0.717) is 11.8 Å². The molecule has 124 valence electrons. The van der Waals surface area contributed by atoms with Crippen LogP contribution in [0.2, 0.25) is 0 Å². The van der Waals surface area contributed by atoms with Crippen molar-refractivity contribution in [3.05, 3.63) is 57.6 Å². The summed E-state index contributed by atoms with van der Waals surface area (Å²) in [6.07, 6.45) is 0.918. The van der Waals surface area contributed by atoms with Crippen molar-refractivity contribution >= 4 is 11.4 Å². The molecule has 0 aliphatic heterocycles. The lowest BCUT2D eigenvalue weighted by atomic mass is 9.90. The average Bonchev–Trinajstić information content (AvgIpc) is 2.45. The van der Waals surface area contributed by atoms with E-state index in [1.54, 1.807) is 0 Å². The van der Waals surface area contributed by atoms with Gasteiger partial charge in [-0.2, -0.15) is 0 Å². The molecule has 0 amide bonds. The van der Waals surface area contributed by atoms with Crippen LogP contribution >= 0.6 is 0 Å². The third-order valence-corrected chi connectivity index (χ3v) is 4.61. The summed E-state index contributed by atoms with van der Waals surface area (Å²) in [6.45, 7) is 13.0. The Kier molecular flexibility index (Phi) is 5.03. The minimum absolute atomic E-state index is 0.438. The van der Waals surface area contributed by atoms with Gasteiger partial charge in [0.1, 0.15) is 0 Å². The molecule has 23 heavy (non-hydrogen) atoms. The van der Waals surface area contributed by atoms with Gasteiger partial charge in [0, 0.05) is 11.4 Å². The van der Waals surface area contributed by atoms with E-state index in [1.807, 2.05) is 0 Å². The quantitative estimate of drug-likeness (QED) is 0.752. The molecule has 4 N–H and O–H groups in total. The molecule has 0 unspecified atom stereocenters. The van der Waals surface area contributed by atoms with Crippen molar-refractivity contribution in [2.45, 2.75) is 59.8 Å². The minimum Gasteiger partial charge on any atom is -0.398 e. The van der Waals surface area contributed by atoms with Crippen LogP contribution in [0.25, 0.3) is 0 Å². The van der Waals surface area contributed by atoms with Crippen LogP contribution in [0.15, 0.2) is 24.3 Å². The summed E-state index contributed by atoms with van der Waals surface area (Å²) >= 11 is 0. The molecule has 2 aromatic carbocycles. The van der Waals surface area contributed by atoms with Gasteiger partial charge in [0.15, 0.2) is 0 Å². The summed E-state index contributed by atoms with van der Waals surface area (Å²) in [7, 11) is 0. The first kappa shape index (κ1) is 17.4. The predicted octanol–water partition coefficient (Wildman–Crippen LogP) is 5.31. The molecule has 2 heteroatoms. The van der Waals surface area contributed by atoms with Gasteiger partial charge < -0.3 is 11.5 Å². The lowest BCUT2D eigenvalue weighted by molar-refractivity contribution is 0.861. The van der Waals surface area contributed by atoms with Crippen LogP contribution in [0.5, 0.6) is 0 Å². The summed E-state index contributed by atoms with van der Waals surface area (Å²) in [5.41, 5.74) is 21.8. The second-order valence-electron chi connectivity index (χ2n) is 7.32. The number of hydrogen-bond donors (Lipinski definition) is 2. The molecule has 0 fully saturated rings. The number of benzene rings is 2. The number of anilines is 2. The van der Waals surface area contributed by atoms with E-state index in [4.69, 9.17) is 11.5 Å². The maximum absolute atomic E-state index is 6.24. The van der Waals surface area contributed by atoms with Gasteiger partial charge in [0.05, 0.1) is 0 Å². The van der Waals surface area contributed by atoms with Gasteiger partial charge in [0.25, 0.3) is 0 Å². The molecule has 0 heterocycles.